The third-order valence-electron chi connectivity index (χ3n) is 4.55. The number of aryl methyl sites for hydroxylation is 1. The van der Waals surface area contributed by atoms with Gasteiger partial charge in [-0.25, -0.2) is 4.98 Å². The molecule has 0 saturated heterocycles. The first kappa shape index (κ1) is 14.6. The first-order valence-electron chi connectivity index (χ1n) is 7.89. The Balaban J connectivity index is 1.84. The molecule has 0 aromatic carbocycles. The summed E-state index contributed by atoms with van der Waals surface area (Å²) in [6.07, 6.45) is 7.69. The molecule has 2 heterocycles. The minimum atomic E-state index is 0.364. The Morgan fingerprint density at radius 3 is 2.76 bits per heavy atom. The van der Waals surface area contributed by atoms with Crippen LogP contribution in [0.2, 0.25) is 0 Å². The summed E-state index contributed by atoms with van der Waals surface area (Å²) < 4.78 is 0. The van der Waals surface area contributed by atoms with Crippen molar-refractivity contribution >= 4 is 33.3 Å². The van der Waals surface area contributed by atoms with Gasteiger partial charge in [-0.15, -0.1) is 11.3 Å². The second kappa shape index (κ2) is 5.79. The molecule has 114 valence electrons. The predicted molar refractivity (Wildman–Crippen MR) is 90.9 cm³/mol. The molecule has 0 spiro atoms. The maximum absolute atomic E-state index is 5.86. The van der Waals surface area contributed by atoms with Gasteiger partial charge in [-0.1, -0.05) is 33.1 Å². The van der Waals surface area contributed by atoms with Gasteiger partial charge in [0.2, 0.25) is 5.95 Å². The Hall–Kier alpha value is -1.36. The van der Waals surface area contributed by atoms with E-state index in [1.807, 2.05) is 0 Å². The number of hydrogen-bond acceptors (Lipinski definition) is 5. The number of nitrogens with two attached hydrogens (primary N) is 1. The van der Waals surface area contributed by atoms with Crippen LogP contribution in [-0.4, -0.2) is 16.5 Å². The molecule has 0 unspecified atom stereocenters. The molecule has 0 radical (unpaired) electrons. The Labute approximate surface area is 130 Å². The number of nitrogens with zero attached hydrogens (tertiary/aromatic N) is 2. The van der Waals surface area contributed by atoms with Crippen LogP contribution in [0.15, 0.2) is 6.07 Å². The number of aromatic nitrogens is 2. The van der Waals surface area contributed by atoms with Gasteiger partial charge in [0.15, 0.2) is 0 Å². The van der Waals surface area contributed by atoms with Crippen LogP contribution in [0.3, 0.4) is 0 Å². The lowest BCUT2D eigenvalue weighted by atomic mass is 9.76. The van der Waals surface area contributed by atoms with Gasteiger partial charge in [-0.05, 0) is 30.7 Å². The number of anilines is 2. The van der Waals surface area contributed by atoms with Crippen molar-refractivity contribution in [2.45, 2.75) is 52.4 Å². The van der Waals surface area contributed by atoms with Crippen LogP contribution in [0.25, 0.3) is 10.2 Å². The van der Waals surface area contributed by atoms with Crippen LogP contribution >= 0.6 is 11.3 Å². The van der Waals surface area contributed by atoms with Gasteiger partial charge in [0.25, 0.3) is 0 Å². The highest BCUT2D eigenvalue weighted by Crippen LogP contribution is 2.37. The second-order valence-electron chi connectivity index (χ2n) is 6.44. The summed E-state index contributed by atoms with van der Waals surface area (Å²) in [5.74, 6) is 1.27. The average Bonchev–Trinajstić information content (AvgIpc) is 2.88. The third kappa shape index (κ3) is 3.12. The zero-order valence-corrected chi connectivity index (χ0v) is 13.7. The normalized spacial score (nSPS) is 18.0. The predicted octanol–water partition coefficient (Wildman–Crippen LogP) is 4.22. The SMILES string of the molecule is CCc1cc2c(NCC3(C)CCCCC3)nc(N)nc2s1. The summed E-state index contributed by atoms with van der Waals surface area (Å²) >= 11 is 1.72. The highest BCUT2D eigenvalue weighted by atomic mass is 32.1. The van der Waals surface area contributed by atoms with Gasteiger partial charge in [0.1, 0.15) is 10.6 Å². The Morgan fingerprint density at radius 1 is 1.29 bits per heavy atom. The molecule has 1 fully saturated rings. The maximum atomic E-state index is 5.86. The second-order valence-corrected chi connectivity index (χ2v) is 7.56. The topological polar surface area (TPSA) is 63.8 Å². The maximum Gasteiger partial charge on any atom is 0.223 e. The van der Waals surface area contributed by atoms with Crippen molar-refractivity contribution in [3.05, 3.63) is 10.9 Å². The van der Waals surface area contributed by atoms with E-state index in [2.05, 4.69) is 35.2 Å². The monoisotopic (exact) mass is 304 g/mol. The minimum absolute atomic E-state index is 0.364. The number of nitrogen functional groups attached to an aromatic ring is 1. The molecule has 1 aliphatic carbocycles. The molecule has 0 aliphatic heterocycles. The molecule has 0 atom stereocenters. The molecule has 2 aromatic rings. The molecule has 5 heteroatoms. The van der Waals surface area contributed by atoms with Gasteiger partial charge in [0.05, 0.1) is 5.39 Å². The van der Waals surface area contributed by atoms with E-state index in [1.165, 1.54) is 37.0 Å². The molecular formula is C16H24N4S. The quantitative estimate of drug-likeness (QED) is 0.887. The molecule has 0 bridgehead atoms. The summed E-state index contributed by atoms with van der Waals surface area (Å²) in [5, 5.41) is 4.67. The van der Waals surface area contributed by atoms with E-state index >= 15 is 0 Å². The van der Waals surface area contributed by atoms with E-state index in [-0.39, 0.29) is 0 Å². The van der Waals surface area contributed by atoms with Crippen molar-refractivity contribution in [3.63, 3.8) is 0 Å². The summed E-state index contributed by atoms with van der Waals surface area (Å²) in [6, 6.07) is 2.20. The standard InChI is InChI=1S/C16H24N4S/c1-3-11-9-12-13(19-15(17)20-14(12)21-11)18-10-16(2)7-5-4-6-8-16/h9H,3-8,10H2,1-2H3,(H3,17,18,19,20). The van der Waals surface area contributed by atoms with Crippen molar-refractivity contribution in [1.29, 1.82) is 0 Å². The molecular weight excluding hydrogens is 280 g/mol. The molecule has 0 amide bonds. The van der Waals surface area contributed by atoms with E-state index in [1.54, 1.807) is 11.3 Å². The third-order valence-corrected chi connectivity index (χ3v) is 5.73. The first-order chi connectivity index (χ1) is 10.1. The molecule has 2 aromatic heterocycles. The summed E-state index contributed by atoms with van der Waals surface area (Å²) in [7, 11) is 0. The van der Waals surface area contributed by atoms with E-state index in [0.717, 1.165) is 29.0 Å². The zero-order chi connectivity index (χ0) is 14.9. The lowest BCUT2D eigenvalue weighted by molar-refractivity contribution is 0.233. The van der Waals surface area contributed by atoms with Gasteiger partial charge in [-0.3, -0.25) is 0 Å². The fourth-order valence-electron chi connectivity index (χ4n) is 3.18. The smallest absolute Gasteiger partial charge is 0.223 e. The van der Waals surface area contributed by atoms with Crippen molar-refractivity contribution in [2.75, 3.05) is 17.6 Å². The number of thiophene rings is 1. The van der Waals surface area contributed by atoms with E-state index in [9.17, 15) is 0 Å². The fourth-order valence-corrected chi connectivity index (χ4v) is 4.15. The Bertz CT molecular complexity index is 628. The summed E-state index contributed by atoms with van der Waals surface area (Å²) in [5.41, 5.74) is 6.24. The van der Waals surface area contributed by atoms with Crippen molar-refractivity contribution < 1.29 is 0 Å². The molecule has 3 N–H and O–H groups in total. The van der Waals surface area contributed by atoms with Crippen molar-refractivity contribution in [2.24, 2.45) is 5.41 Å². The highest BCUT2D eigenvalue weighted by Gasteiger charge is 2.26. The summed E-state index contributed by atoms with van der Waals surface area (Å²) in [6.45, 7) is 5.51. The van der Waals surface area contributed by atoms with Crippen molar-refractivity contribution in [3.8, 4) is 0 Å². The minimum Gasteiger partial charge on any atom is -0.369 e. The number of nitrogens with one attached hydrogen (secondary N) is 1. The van der Waals surface area contributed by atoms with Crippen LogP contribution in [0.1, 0.15) is 50.8 Å². The van der Waals surface area contributed by atoms with Crippen LogP contribution in [0, 0.1) is 5.41 Å². The van der Waals surface area contributed by atoms with Crippen molar-refractivity contribution in [1.82, 2.24) is 9.97 Å². The summed E-state index contributed by atoms with van der Waals surface area (Å²) in [4.78, 5) is 11.1. The molecule has 1 saturated carbocycles. The molecule has 3 rings (SSSR count). The zero-order valence-electron chi connectivity index (χ0n) is 12.9. The van der Waals surface area contributed by atoms with E-state index in [0.29, 0.717) is 11.4 Å². The molecule has 21 heavy (non-hydrogen) atoms. The van der Waals surface area contributed by atoms with Crippen LogP contribution in [0.4, 0.5) is 11.8 Å². The number of rotatable bonds is 4. The number of fused-ring (bicyclic) bond motifs is 1. The lowest BCUT2D eigenvalue weighted by Crippen LogP contribution is -2.29. The fraction of sp³-hybridized carbons (Fsp3) is 0.625. The van der Waals surface area contributed by atoms with Crippen LogP contribution < -0.4 is 11.1 Å². The number of hydrogen-bond donors (Lipinski definition) is 2. The Kier molecular flexibility index (Phi) is 4.02. The van der Waals surface area contributed by atoms with Crippen LogP contribution in [-0.2, 0) is 6.42 Å². The highest BCUT2D eigenvalue weighted by molar-refractivity contribution is 7.18. The van der Waals surface area contributed by atoms with E-state index in [4.69, 9.17) is 5.73 Å². The van der Waals surface area contributed by atoms with Gasteiger partial charge >= 0.3 is 0 Å². The lowest BCUT2D eigenvalue weighted by Gasteiger charge is -2.33. The molecule has 1 aliphatic rings. The van der Waals surface area contributed by atoms with E-state index < -0.39 is 0 Å². The van der Waals surface area contributed by atoms with Gasteiger partial charge < -0.3 is 11.1 Å². The first-order valence-corrected chi connectivity index (χ1v) is 8.71. The molecule has 4 nitrogen and oxygen atoms in total. The largest absolute Gasteiger partial charge is 0.369 e. The van der Waals surface area contributed by atoms with Crippen LogP contribution in [0.5, 0.6) is 0 Å². The average molecular weight is 304 g/mol. The van der Waals surface area contributed by atoms with Gasteiger partial charge in [-0.2, -0.15) is 4.98 Å². The Morgan fingerprint density at radius 2 is 2.05 bits per heavy atom. The van der Waals surface area contributed by atoms with Gasteiger partial charge in [0, 0.05) is 11.4 Å².